The fourth-order valence-corrected chi connectivity index (χ4v) is 3.91. The van der Waals surface area contributed by atoms with E-state index in [9.17, 15) is 9.18 Å². The third kappa shape index (κ3) is 3.19. The number of nitrogens with zero attached hydrogens (tertiary/aromatic N) is 2. The van der Waals surface area contributed by atoms with E-state index in [2.05, 4.69) is 22.5 Å². The Bertz CT molecular complexity index is 1030. The maximum Gasteiger partial charge on any atom is 0.159 e. The number of Topliss-reactive ketones (excluding diaryl/α,β-unsaturated/α-hetero) is 1. The van der Waals surface area contributed by atoms with Crippen LogP contribution in [0.4, 0.5) is 10.1 Å². The molecule has 0 saturated heterocycles. The molecule has 0 bridgehead atoms. The predicted octanol–water partition coefficient (Wildman–Crippen LogP) is 5.53. The summed E-state index contributed by atoms with van der Waals surface area (Å²) in [5.41, 5.74) is 4.81. The van der Waals surface area contributed by atoms with Crippen LogP contribution in [0, 0.1) is 5.82 Å². The monoisotopic (exact) mass is 374 g/mol. The topological polar surface area (TPSA) is 32.7 Å². The van der Waals surface area contributed by atoms with Crippen LogP contribution in [0.1, 0.15) is 48.2 Å². The molecular formula is C24H23FN2O. The number of hydrogen-bond donors (Lipinski definition) is 0. The van der Waals surface area contributed by atoms with Gasteiger partial charge in [-0.3, -0.25) is 4.79 Å². The van der Waals surface area contributed by atoms with Gasteiger partial charge in [-0.15, -0.1) is 0 Å². The number of fused-ring (bicyclic) bond motifs is 2. The van der Waals surface area contributed by atoms with Crippen molar-refractivity contribution in [3.05, 3.63) is 83.8 Å². The van der Waals surface area contributed by atoms with Crippen LogP contribution >= 0.6 is 0 Å². The molecule has 1 aliphatic carbocycles. The van der Waals surface area contributed by atoms with Crippen LogP contribution in [0.2, 0.25) is 0 Å². The van der Waals surface area contributed by atoms with E-state index in [0.717, 1.165) is 34.8 Å². The standard InChI is InChI=1S/C24H23FN2O/c1-4-18(20-6-5-7-21(25)12-20)14-26-17(3)27-15-24(10-11-24)22-9-8-19(16(2)28)13-23(22)27/h4-9,12-14H,1,10-11,15H2,2-3H3/b18-14+,26-17?. The van der Waals surface area contributed by atoms with Gasteiger partial charge >= 0.3 is 0 Å². The highest BCUT2D eigenvalue weighted by Gasteiger charge is 2.52. The Labute approximate surface area is 164 Å². The molecule has 28 heavy (non-hydrogen) atoms. The predicted molar refractivity (Wildman–Crippen MR) is 112 cm³/mol. The van der Waals surface area contributed by atoms with E-state index < -0.39 is 0 Å². The highest BCUT2D eigenvalue weighted by Crippen LogP contribution is 2.56. The number of aliphatic imine (C=N–C) groups is 1. The first kappa shape index (κ1) is 18.4. The molecule has 0 unspecified atom stereocenters. The van der Waals surface area contributed by atoms with Crippen LogP contribution in [0.3, 0.4) is 0 Å². The summed E-state index contributed by atoms with van der Waals surface area (Å²) in [4.78, 5) is 18.7. The minimum absolute atomic E-state index is 0.0639. The van der Waals surface area contributed by atoms with E-state index in [4.69, 9.17) is 0 Å². The summed E-state index contributed by atoms with van der Waals surface area (Å²) in [5.74, 6) is 0.627. The van der Waals surface area contributed by atoms with Crippen LogP contribution < -0.4 is 4.90 Å². The van der Waals surface area contributed by atoms with E-state index in [1.807, 2.05) is 25.1 Å². The number of anilines is 1. The van der Waals surface area contributed by atoms with Crippen LogP contribution in [0.5, 0.6) is 0 Å². The summed E-state index contributed by atoms with van der Waals surface area (Å²) in [5, 5.41) is 0. The molecule has 0 radical (unpaired) electrons. The van der Waals surface area contributed by atoms with Crippen LogP contribution in [-0.2, 0) is 5.41 Å². The summed E-state index contributed by atoms with van der Waals surface area (Å²) in [6.45, 7) is 8.27. The van der Waals surface area contributed by atoms with Crippen molar-refractivity contribution in [2.75, 3.05) is 11.4 Å². The second-order valence-corrected chi connectivity index (χ2v) is 7.63. The zero-order chi connectivity index (χ0) is 19.9. The van der Waals surface area contributed by atoms with Crippen molar-refractivity contribution in [2.24, 2.45) is 4.99 Å². The summed E-state index contributed by atoms with van der Waals surface area (Å²) in [6.07, 6.45) is 5.74. The summed E-state index contributed by atoms with van der Waals surface area (Å²) < 4.78 is 13.5. The van der Waals surface area contributed by atoms with Gasteiger partial charge in [-0.25, -0.2) is 9.38 Å². The molecule has 1 spiro atoms. The highest BCUT2D eigenvalue weighted by atomic mass is 19.1. The lowest BCUT2D eigenvalue weighted by atomic mass is 9.97. The number of allylic oxidation sites excluding steroid dienone is 2. The minimum Gasteiger partial charge on any atom is -0.329 e. The maximum absolute atomic E-state index is 13.5. The molecule has 4 rings (SSSR count). The molecule has 1 aliphatic heterocycles. The second kappa shape index (κ2) is 6.86. The molecule has 4 heteroatoms. The number of carbonyl (C=O) groups excluding carboxylic acids is 1. The normalized spacial score (nSPS) is 17.6. The first-order valence-electron chi connectivity index (χ1n) is 9.49. The lowest BCUT2D eigenvalue weighted by Crippen LogP contribution is -2.29. The Morgan fingerprint density at radius 2 is 1.96 bits per heavy atom. The van der Waals surface area contributed by atoms with Crippen molar-refractivity contribution < 1.29 is 9.18 Å². The Balaban J connectivity index is 1.69. The summed E-state index contributed by atoms with van der Waals surface area (Å²) in [6, 6.07) is 12.4. The van der Waals surface area contributed by atoms with E-state index in [1.54, 1.807) is 25.3 Å². The number of rotatable bonds is 4. The molecule has 0 atom stereocenters. The second-order valence-electron chi connectivity index (χ2n) is 7.63. The molecule has 1 saturated carbocycles. The van der Waals surface area contributed by atoms with Gasteiger partial charge in [-0.1, -0.05) is 36.9 Å². The van der Waals surface area contributed by atoms with Crippen LogP contribution in [0.25, 0.3) is 5.57 Å². The van der Waals surface area contributed by atoms with Gasteiger partial charge in [0.1, 0.15) is 11.7 Å². The lowest BCUT2D eigenvalue weighted by molar-refractivity contribution is 0.101. The van der Waals surface area contributed by atoms with Gasteiger partial charge in [-0.2, -0.15) is 0 Å². The zero-order valence-electron chi connectivity index (χ0n) is 16.2. The van der Waals surface area contributed by atoms with Crippen molar-refractivity contribution in [3.8, 4) is 0 Å². The quantitative estimate of drug-likeness (QED) is 0.305. The average Bonchev–Trinajstić information content (AvgIpc) is 3.39. The van der Waals surface area contributed by atoms with E-state index in [1.165, 1.54) is 30.5 Å². The molecule has 3 nitrogen and oxygen atoms in total. The number of amidine groups is 1. The molecule has 2 aromatic carbocycles. The minimum atomic E-state index is -0.285. The molecule has 1 fully saturated rings. The first-order valence-corrected chi connectivity index (χ1v) is 9.49. The SMILES string of the molecule is C=C/C(=C\N=C(C)N1CC2(CC2)c2ccc(C(C)=O)cc21)c1cccc(F)c1. The van der Waals surface area contributed by atoms with E-state index in [0.29, 0.717) is 0 Å². The third-order valence-electron chi connectivity index (χ3n) is 5.74. The number of carbonyl (C=O) groups is 1. The van der Waals surface area contributed by atoms with E-state index in [-0.39, 0.29) is 17.0 Å². The smallest absolute Gasteiger partial charge is 0.159 e. The molecule has 2 aliphatic rings. The number of benzene rings is 2. The third-order valence-corrected chi connectivity index (χ3v) is 5.74. The van der Waals surface area contributed by atoms with Gasteiger partial charge in [0.2, 0.25) is 0 Å². The van der Waals surface area contributed by atoms with E-state index >= 15 is 0 Å². The zero-order valence-corrected chi connectivity index (χ0v) is 16.2. The molecule has 0 N–H and O–H groups in total. The van der Waals surface area contributed by atoms with Crippen molar-refractivity contribution in [1.82, 2.24) is 0 Å². The van der Waals surface area contributed by atoms with Gasteiger partial charge in [0.25, 0.3) is 0 Å². The average molecular weight is 374 g/mol. The fourth-order valence-electron chi connectivity index (χ4n) is 3.91. The first-order chi connectivity index (χ1) is 13.4. The summed E-state index contributed by atoms with van der Waals surface area (Å²) in [7, 11) is 0. The van der Waals surface area contributed by atoms with Gasteiger partial charge in [0, 0.05) is 29.4 Å². The van der Waals surface area contributed by atoms with Crippen molar-refractivity contribution in [1.29, 1.82) is 0 Å². The molecule has 0 aromatic heterocycles. The molecule has 1 heterocycles. The van der Waals surface area contributed by atoms with Crippen LogP contribution in [0.15, 0.2) is 66.3 Å². The van der Waals surface area contributed by atoms with Crippen molar-refractivity contribution in [2.45, 2.75) is 32.1 Å². The number of hydrogen-bond acceptors (Lipinski definition) is 2. The largest absolute Gasteiger partial charge is 0.329 e. The van der Waals surface area contributed by atoms with Crippen molar-refractivity contribution >= 4 is 22.9 Å². The van der Waals surface area contributed by atoms with Gasteiger partial charge in [0.15, 0.2) is 5.78 Å². The molecular weight excluding hydrogens is 351 g/mol. The Morgan fingerprint density at radius 3 is 2.61 bits per heavy atom. The maximum atomic E-state index is 13.5. The summed E-state index contributed by atoms with van der Waals surface area (Å²) >= 11 is 0. The van der Waals surface area contributed by atoms with Gasteiger partial charge in [-0.05, 0) is 61.6 Å². The number of ketones is 1. The lowest BCUT2D eigenvalue weighted by Gasteiger charge is -2.19. The fraction of sp³-hybridized carbons (Fsp3) is 0.250. The molecule has 0 amide bonds. The van der Waals surface area contributed by atoms with Crippen LogP contribution in [-0.4, -0.2) is 18.2 Å². The molecule has 2 aromatic rings. The highest BCUT2D eigenvalue weighted by molar-refractivity contribution is 6.02. The molecule has 142 valence electrons. The van der Waals surface area contributed by atoms with Crippen molar-refractivity contribution in [3.63, 3.8) is 0 Å². The van der Waals surface area contributed by atoms with Gasteiger partial charge < -0.3 is 4.90 Å². The van der Waals surface area contributed by atoms with Gasteiger partial charge in [0.05, 0.1) is 0 Å². The Morgan fingerprint density at radius 1 is 1.18 bits per heavy atom. The Hall–Kier alpha value is -3.01. The Kier molecular flexibility index (Phi) is 4.50. The number of halogens is 1.